The summed E-state index contributed by atoms with van der Waals surface area (Å²) in [4.78, 5) is 1.98. The van der Waals surface area contributed by atoms with Crippen LogP contribution >= 0.6 is 15.9 Å². The Hall–Kier alpha value is -0.840. The van der Waals surface area contributed by atoms with Crippen LogP contribution in [0.15, 0.2) is 35.3 Å². The standard InChI is InChI=1S/C12H16BrNO2/c1-2-5-14(6-7-15)12-4-3-11(13)8-10(12)9-16/h2-4,8,15-16H,1,5-7,9H2. The van der Waals surface area contributed by atoms with E-state index in [1.807, 2.05) is 23.1 Å². The van der Waals surface area contributed by atoms with Crippen LogP contribution in [0.3, 0.4) is 0 Å². The Morgan fingerprint density at radius 2 is 2.12 bits per heavy atom. The van der Waals surface area contributed by atoms with Crippen LogP contribution in [-0.2, 0) is 6.61 Å². The zero-order valence-electron chi connectivity index (χ0n) is 9.06. The molecule has 0 heterocycles. The van der Waals surface area contributed by atoms with Crippen molar-refractivity contribution >= 4 is 21.6 Å². The second kappa shape index (κ2) is 6.68. The van der Waals surface area contributed by atoms with Gasteiger partial charge in [-0.15, -0.1) is 6.58 Å². The zero-order chi connectivity index (χ0) is 12.0. The first kappa shape index (κ1) is 13.2. The molecule has 0 unspecified atom stereocenters. The summed E-state index contributed by atoms with van der Waals surface area (Å²) in [5.74, 6) is 0. The Morgan fingerprint density at radius 1 is 1.38 bits per heavy atom. The fourth-order valence-corrected chi connectivity index (χ4v) is 1.98. The van der Waals surface area contributed by atoms with Gasteiger partial charge in [-0.1, -0.05) is 22.0 Å². The van der Waals surface area contributed by atoms with Gasteiger partial charge >= 0.3 is 0 Å². The van der Waals surface area contributed by atoms with Gasteiger partial charge in [0.25, 0.3) is 0 Å². The Labute approximate surface area is 104 Å². The summed E-state index contributed by atoms with van der Waals surface area (Å²) in [5, 5.41) is 18.3. The molecule has 1 aromatic rings. The van der Waals surface area contributed by atoms with Crippen molar-refractivity contribution in [2.75, 3.05) is 24.6 Å². The SMILES string of the molecule is C=CCN(CCO)c1ccc(Br)cc1CO. The normalized spacial score (nSPS) is 10.2. The maximum Gasteiger partial charge on any atom is 0.0702 e. The van der Waals surface area contributed by atoms with Crippen LogP contribution in [0.1, 0.15) is 5.56 Å². The molecule has 0 aliphatic rings. The third-order valence-corrected chi connectivity index (χ3v) is 2.77. The first-order chi connectivity index (χ1) is 7.72. The largest absolute Gasteiger partial charge is 0.395 e. The van der Waals surface area contributed by atoms with E-state index in [-0.39, 0.29) is 13.2 Å². The number of aliphatic hydroxyl groups excluding tert-OH is 2. The first-order valence-electron chi connectivity index (χ1n) is 5.09. The van der Waals surface area contributed by atoms with Gasteiger partial charge in [-0.3, -0.25) is 0 Å². The molecule has 1 rings (SSSR count). The third-order valence-electron chi connectivity index (χ3n) is 2.27. The molecule has 16 heavy (non-hydrogen) atoms. The molecule has 0 aliphatic heterocycles. The molecule has 0 spiro atoms. The molecule has 0 saturated heterocycles. The highest BCUT2D eigenvalue weighted by Crippen LogP contribution is 2.24. The quantitative estimate of drug-likeness (QED) is 0.785. The molecule has 0 atom stereocenters. The molecule has 2 N–H and O–H groups in total. The van der Waals surface area contributed by atoms with Gasteiger partial charge < -0.3 is 15.1 Å². The van der Waals surface area contributed by atoms with Crippen molar-refractivity contribution in [1.82, 2.24) is 0 Å². The summed E-state index contributed by atoms with van der Waals surface area (Å²) in [6.07, 6.45) is 1.78. The molecule has 0 bridgehead atoms. The van der Waals surface area contributed by atoms with E-state index in [1.165, 1.54) is 0 Å². The third kappa shape index (κ3) is 3.33. The molecular formula is C12H16BrNO2. The van der Waals surface area contributed by atoms with Gasteiger partial charge in [0.2, 0.25) is 0 Å². The average molecular weight is 286 g/mol. The summed E-state index contributed by atoms with van der Waals surface area (Å²) < 4.78 is 0.933. The fourth-order valence-electron chi connectivity index (χ4n) is 1.58. The second-order valence-corrected chi connectivity index (χ2v) is 4.31. The molecule has 3 nitrogen and oxygen atoms in total. The van der Waals surface area contributed by atoms with Crippen molar-refractivity contribution < 1.29 is 10.2 Å². The Bertz CT molecular complexity index is 355. The number of rotatable bonds is 6. The lowest BCUT2D eigenvalue weighted by atomic mass is 10.1. The number of aliphatic hydroxyl groups is 2. The topological polar surface area (TPSA) is 43.7 Å². The van der Waals surface area contributed by atoms with Crippen LogP contribution in [0.2, 0.25) is 0 Å². The monoisotopic (exact) mass is 285 g/mol. The molecule has 1 aromatic carbocycles. The maximum atomic E-state index is 9.29. The summed E-state index contributed by atoms with van der Waals surface area (Å²) >= 11 is 3.37. The minimum absolute atomic E-state index is 0.0200. The molecule has 0 aromatic heterocycles. The highest BCUT2D eigenvalue weighted by Gasteiger charge is 2.09. The highest BCUT2D eigenvalue weighted by molar-refractivity contribution is 9.10. The molecule has 0 radical (unpaired) electrons. The molecular weight excluding hydrogens is 270 g/mol. The zero-order valence-corrected chi connectivity index (χ0v) is 10.7. The summed E-state index contributed by atoms with van der Waals surface area (Å²) in [6.45, 7) is 4.92. The number of hydrogen-bond acceptors (Lipinski definition) is 3. The van der Waals surface area contributed by atoms with Crippen molar-refractivity contribution in [3.05, 3.63) is 40.9 Å². The van der Waals surface area contributed by atoms with Crippen molar-refractivity contribution in [3.63, 3.8) is 0 Å². The molecule has 88 valence electrons. The first-order valence-corrected chi connectivity index (χ1v) is 5.88. The number of hydrogen-bond donors (Lipinski definition) is 2. The van der Waals surface area contributed by atoms with Crippen LogP contribution in [-0.4, -0.2) is 29.9 Å². The van der Waals surface area contributed by atoms with Gasteiger partial charge in [0.05, 0.1) is 13.2 Å². The number of benzene rings is 1. The van der Waals surface area contributed by atoms with Gasteiger partial charge in [0.15, 0.2) is 0 Å². The lowest BCUT2D eigenvalue weighted by molar-refractivity contribution is 0.281. The van der Waals surface area contributed by atoms with Gasteiger partial charge in [0.1, 0.15) is 0 Å². The predicted molar refractivity (Wildman–Crippen MR) is 69.6 cm³/mol. The van der Waals surface area contributed by atoms with Crippen LogP contribution in [0, 0.1) is 0 Å². The van der Waals surface area contributed by atoms with Gasteiger partial charge in [0, 0.05) is 28.8 Å². The van der Waals surface area contributed by atoms with Gasteiger partial charge in [-0.05, 0) is 18.2 Å². The minimum atomic E-state index is -0.0200. The van der Waals surface area contributed by atoms with E-state index < -0.39 is 0 Å². The summed E-state index contributed by atoms with van der Waals surface area (Å²) in [7, 11) is 0. The van der Waals surface area contributed by atoms with Crippen LogP contribution < -0.4 is 4.90 Å². The molecule has 0 aliphatic carbocycles. The highest BCUT2D eigenvalue weighted by atomic mass is 79.9. The van der Waals surface area contributed by atoms with Crippen LogP contribution in [0.5, 0.6) is 0 Å². The summed E-state index contributed by atoms with van der Waals surface area (Å²) in [5.41, 5.74) is 1.77. The van der Waals surface area contributed by atoms with Crippen molar-refractivity contribution in [1.29, 1.82) is 0 Å². The molecule has 0 saturated carbocycles. The van der Waals surface area contributed by atoms with Crippen LogP contribution in [0.25, 0.3) is 0 Å². The van der Waals surface area contributed by atoms with Crippen molar-refractivity contribution in [2.24, 2.45) is 0 Å². The maximum absolute atomic E-state index is 9.29. The van der Waals surface area contributed by atoms with Crippen molar-refractivity contribution in [2.45, 2.75) is 6.61 Å². The molecule has 0 amide bonds. The van der Waals surface area contributed by atoms with E-state index in [0.717, 1.165) is 15.7 Å². The Balaban J connectivity index is 3.01. The second-order valence-electron chi connectivity index (χ2n) is 3.39. The van der Waals surface area contributed by atoms with Gasteiger partial charge in [-0.2, -0.15) is 0 Å². The Morgan fingerprint density at radius 3 is 2.69 bits per heavy atom. The molecule has 0 fully saturated rings. The smallest absolute Gasteiger partial charge is 0.0702 e. The fraction of sp³-hybridized carbons (Fsp3) is 0.333. The Kier molecular flexibility index (Phi) is 5.52. The molecule has 4 heteroatoms. The van der Waals surface area contributed by atoms with E-state index in [0.29, 0.717) is 13.1 Å². The van der Waals surface area contributed by atoms with E-state index in [2.05, 4.69) is 22.5 Å². The van der Waals surface area contributed by atoms with E-state index >= 15 is 0 Å². The van der Waals surface area contributed by atoms with E-state index in [1.54, 1.807) is 6.08 Å². The summed E-state index contributed by atoms with van der Waals surface area (Å²) in [6, 6.07) is 5.72. The van der Waals surface area contributed by atoms with Crippen LogP contribution in [0.4, 0.5) is 5.69 Å². The van der Waals surface area contributed by atoms with E-state index in [4.69, 9.17) is 5.11 Å². The lowest BCUT2D eigenvalue weighted by Crippen LogP contribution is -2.27. The van der Waals surface area contributed by atoms with Gasteiger partial charge in [-0.25, -0.2) is 0 Å². The number of nitrogens with zero attached hydrogens (tertiary/aromatic N) is 1. The lowest BCUT2D eigenvalue weighted by Gasteiger charge is -2.24. The average Bonchev–Trinajstić information content (AvgIpc) is 2.28. The minimum Gasteiger partial charge on any atom is -0.395 e. The predicted octanol–water partition coefficient (Wildman–Crippen LogP) is 1.93. The van der Waals surface area contributed by atoms with Crippen molar-refractivity contribution in [3.8, 4) is 0 Å². The number of halogens is 1. The number of anilines is 1. The van der Waals surface area contributed by atoms with E-state index in [9.17, 15) is 5.11 Å².